The number of likely N-dealkylation sites (N-methyl/N-ethyl adjacent to an activating group) is 1. The van der Waals surface area contributed by atoms with Crippen LogP contribution in [0.1, 0.15) is 15.9 Å². The molecule has 2 aromatic carbocycles. The van der Waals surface area contributed by atoms with Crippen LogP contribution in [-0.2, 0) is 6.42 Å². The second-order valence-electron chi connectivity index (χ2n) is 7.23. The average Bonchev–Trinajstić information content (AvgIpc) is 3.06. The van der Waals surface area contributed by atoms with Crippen molar-refractivity contribution in [1.82, 2.24) is 9.80 Å². The molecule has 0 aromatic heterocycles. The third-order valence-corrected chi connectivity index (χ3v) is 4.97. The van der Waals surface area contributed by atoms with Crippen molar-refractivity contribution in [2.45, 2.75) is 18.6 Å². The first-order chi connectivity index (χ1) is 13.4. The molecule has 0 aliphatic carbocycles. The number of likely N-dealkylation sites (tertiary alicyclic amines) is 1. The molecule has 1 aliphatic heterocycles. The van der Waals surface area contributed by atoms with Crippen molar-refractivity contribution in [1.29, 1.82) is 0 Å². The molecule has 2 aromatic rings. The summed E-state index contributed by atoms with van der Waals surface area (Å²) in [6.45, 7) is 1.10. The second kappa shape index (κ2) is 8.68. The monoisotopic (exact) mass is 387 g/mol. The number of hydrogen-bond acceptors (Lipinski definition) is 5. The van der Waals surface area contributed by atoms with Crippen LogP contribution >= 0.6 is 0 Å². The summed E-state index contributed by atoms with van der Waals surface area (Å²) < 4.78 is 20.1. The van der Waals surface area contributed by atoms with E-state index in [1.165, 1.54) is 23.1 Å². The highest BCUT2D eigenvalue weighted by Gasteiger charge is 2.36. The molecular weight excluding hydrogens is 361 g/mol. The molecule has 28 heavy (non-hydrogen) atoms. The second-order valence-corrected chi connectivity index (χ2v) is 7.23. The molecule has 0 saturated carbocycles. The van der Waals surface area contributed by atoms with Crippen LogP contribution in [0.15, 0.2) is 42.5 Å². The Morgan fingerprint density at radius 2 is 1.89 bits per heavy atom. The Hall–Kier alpha value is -2.48. The fraction of sp³-hybridized carbons (Fsp3) is 0.381. The highest BCUT2D eigenvalue weighted by atomic mass is 19.1. The van der Waals surface area contributed by atoms with Crippen LogP contribution in [0.5, 0.6) is 11.5 Å². The van der Waals surface area contributed by atoms with Gasteiger partial charge in [-0.05, 0) is 63.0 Å². The number of benzene rings is 2. The lowest BCUT2D eigenvalue weighted by Crippen LogP contribution is -2.38. The highest BCUT2D eigenvalue weighted by Crippen LogP contribution is 2.26. The standard InChI is InChI=1S/C21H26FN3O3/c1-24(2)19-12-25(13-20(19)26)21(27)17-11-16(7-8-18(17)22)28-15-5-3-14(4-6-15)9-10-23/h3-8,11,19-20,26H,9-10,12-13,23H2,1-2H3/t19-,20-/m0/s1. The number of ether oxygens (including phenoxy) is 1. The van der Waals surface area contributed by atoms with Gasteiger partial charge >= 0.3 is 0 Å². The number of aliphatic hydroxyl groups excluding tert-OH is 1. The van der Waals surface area contributed by atoms with E-state index in [1.807, 2.05) is 43.3 Å². The molecule has 3 rings (SSSR count). The Kier molecular flexibility index (Phi) is 6.28. The largest absolute Gasteiger partial charge is 0.457 e. The van der Waals surface area contributed by atoms with Crippen LogP contribution in [0.2, 0.25) is 0 Å². The van der Waals surface area contributed by atoms with Gasteiger partial charge in [-0.25, -0.2) is 4.39 Å². The summed E-state index contributed by atoms with van der Waals surface area (Å²) in [5.41, 5.74) is 6.58. The zero-order chi connectivity index (χ0) is 20.3. The Bertz CT molecular complexity index is 826. The molecule has 2 atom stereocenters. The van der Waals surface area contributed by atoms with Crippen molar-refractivity contribution in [2.75, 3.05) is 33.7 Å². The molecule has 1 amide bonds. The lowest BCUT2D eigenvalue weighted by atomic mass is 10.1. The topological polar surface area (TPSA) is 79.0 Å². The molecule has 1 aliphatic rings. The van der Waals surface area contributed by atoms with Crippen LogP contribution in [0.25, 0.3) is 0 Å². The molecule has 1 fully saturated rings. The number of β-amino-alcohol motifs (C(OH)–C–C–N with tert-alkyl or cyclic N) is 1. The molecule has 150 valence electrons. The van der Waals surface area contributed by atoms with E-state index in [0.29, 0.717) is 24.6 Å². The van der Waals surface area contributed by atoms with Crippen LogP contribution in [0.4, 0.5) is 4.39 Å². The van der Waals surface area contributed by atoms with Gasteiger partial charge in [0.1, 0.15) is 17.3 Å². The van der Waals surface area contributed by atoms with Gasteiger partial charge in [0.15, 0.2) is 0 Å². The maximum absolute atomic E-state index is 14.3. The first-order valence-electron chi connectivity index (χ1n) is 9.29. The third kappa shape index (κ3) is 4.49. The minimum atomic E-state index is -0.659. The van der Waals surface area contributed by atoms with E-state index < -0.39 is 17.8 Å². The van der Waals surface area contributed by atoms with E-state index in [-0.39, 0.29) is 18.2 Å². The maximum Gasteiger partial charge on any atom is 0.257 e. The Labute approximate surface area is 164 Å². The fourth-order valence-corrected chi connectivity index (χ4v) is 3.37. The van der Waals surface area contributed by atoms with Gasteiger partial charge in [-0.15, -0.1) is 0 Å². The van der Waals surface area contributed by atoms with E-state index in [2.05, 4.69) is 0 Å². The van der Waals surface area contributed by atoms with Gasteiger partial charge in [-0.3, -0.25) is 4.79 Å². The molecule has 7 heteroatoms. The Balaban J connectivity index is 1.75. The van der Waals surface area contributed by atoms with Crippen molar-refractivity contribution < 1.29 is 19.0 Å². The van der Waals surface area contributed by atoms with E-state index in [9.17, 15) is 14.3 Å². The van der Waals surface area contributed by atoms with Gasteiger partial charge in [0, 0.05) is 13.1 Å². The van der Waals surface area contributed by atoms with E-state index >= 15 is 0 Å². The summed E-state index contributed by atoms with van der Waals surface area (Å²) in [7, 11) is 3.69. The number of carbonyl (C=O) groups is 1. The molecule has 0 unspecified atom stereocenters. The smallest absolute Gasteiger partial charge is 0.257 e. The van der Waals surface area contributed by atoms with Gasteiger partial charge in [0.25, 0.3) is 5.91 Å². The number of halogens is 1. The number of carbonyl (C=O) groups excluding carboxylic acids is 1. The van der Waals surface area contributed by atoms with Gasteiger partial charge in [0.2, 0.25) is 0 Å². The first kappa shape index (κ1) is 20.3. The molecule has 1 heterocycles. The number of rotatable bonds is 6. The predicted octanol–water partition coefficient (Wildman–Crippen LogP) is 1.87. The van der Waals surface area contributed by atoms with Gasteiger partial charge in [-0.2, -0.15) is 0 Å². The Morgan fingerprint density at radius 3 is 2.50 bits per heavy atom. The van der Waals surface area contributed by atoms with Gasteiger partial charge < -0.3 is 25.4 Å². The van der Waals surface area contributed by atoms with E-state index in [4.69, 9.17) is 10.5 Å². The third-order valence-electron chi connectivity index (χ3n) is 4.97. The average molecular weight is 387 g/mol. The molecule has 0 bridgehead atoms. The van der Waals surface area contributed by atoms with Gasteiger partial charge in [-0.1, -0.05) is 12.1 Å². The number of aliphatic hydroxyl groups is 1. The fourth-order valence-electron chi connectivity index (χ4n) is 3.37. The molecule has 0 radical (unpaired) electrons. The Morgan fingerprint density at radius 1 is 1.21 bits per heavy atom. The van der Waals surface area contributed by atoms with Crippen LogP contribution in [0.3, 0.4) is 0 Å². The predicted molar refractivity (Wildman–Crippen MR) is 105 cm³/mol. The SMILES string of the molecule is CN(C)[C@H]1CN(C(=O)c2cc(Oc3ccc(CCN)cc3)ccc2F)C[C@@H]1O. The van der Waals surface area contributed by atoms with Crippen molar-refractivity contribution >= 4 is 5.91 Å². The van der Waals surface area contributed by atoms with Crippen LogP contribution in [0, 0.1) is 5.82 Å². The number of nitrogens with two attached hydrogens (primary N) is 1. The summed E-state index contributed by atoms with van der Waals surface area (Å²) in [5, 5.41) is 10.1. The summed E-state index contributed by atoms with van der Waals surface area (Å²) >= 11 is 0. The maximum atomic E-state index is 14.3. The summed E-state index contributed by atoms with van der Waals surface area (Å²) in [6.07, 6.45) is 0.124. The zero-order valence-corrected chi connectivity index (χ0v) is 16.1. The summed E-state index contributed by atoms with van der Waals surface area (Å²) in [6, 6.07) is 11.4. The summed E-state index contributed by atoms with van der Waals surface area (Å²) in [4.78, 5) is 16.1. The quantitative estimate of drug-likeness (QED) is 0.791. The highest BCUT2D eigenvalue weighted by molar-refractivity contribution is 5.95. The van der Waals surface area contributed by atoms with Crippen molar-refractivity contribution in [3.8, 4) is 11.5 Å². The first-order valence-corrected chi connectivity index (χ1v) is 9.29. The number of hydrogen-bond donors (Lipinski definition) is 2. The number of nitrogens with zero attached hydrogens (tertiary/aromatic N) is 2. The minimum absolute atomic E-state index is 0.0659. The molecular formula is C21H26FN3O3. The summed E-state index contributed by atoms with van der Waals surface area (Å²) in [5.74, 6) is -0.0987. The van der Waals surface area contributed by atoms with Crippen molar-refractivity contribution in [3.63, 3.8) is 0 Å². The van der Waals surface area contributed by atoms with Gasteiger partial charge in [0.05, 0.1) is 17.7 Å². The van der Waals surface area contributed by atoms with Crippen molar-refractivity contribution in [2.24, 2.45) is 5.73 Å². The lowest BCUT2D eigenvalue weighted by molar-refractivity contribution is 0.0759. The van der Waals surface area contributed by atoms with Crippen LogP contribution < -0.4 is 10.5 Å². The number of amides is 1. The normalized spacial score (nSPS) is 19.3. The van der Waals surface area contributed by atoms with E-state index in [0.717, 1.165) is 12.0 Å². The molecule has 1 saturated heterocycles. The van der Waals surface area contributed by atoms with Crippen LogP contribution in [-0.4, -0.2) is 66.7 Å². The zero-order valence-electron chi connectivity index (χ0n) is 16.1. The molecule has 3 N–H and O–H groups in total. The van der Waals surface area contributed by atoms with Crippen molar-refractivity contribution in [3.05, 3.63) is 59.4 Å². The minimum Gasteiger partial charge on any atom is -0.457 e. The molecule has 6 nitrogen and oxygen atoms in total. The lowest BCUT2D eigenvalue weighted by Gasteiger charge is -2.21. The van der Waals surface area contributed by atoms with E-state index in [1.54, 1.807) is 0 Å². The molecule has 0 spiro atoms.